The summed E-state index contributed by atoms with van der Waals surface area (Å²) in [6.07, 6.45) is 3.47. The lowest BCUT2D eigenvalue weighted by molar-refractivity contribution is -0.169. The highest BCUT2D eigenvalue weighted by molar-refractivity contribution is 5.69. The molecule has 1 saturated heterocycles. The molecule has 2 rings (SSSR count). The van der Waals surface area contributed by atoms with E-state index in [1.54, 1.807) is 0 Å². The minimum Gasteiger partial charge on any atom is -0.469 e. The third-order valence-electron chi connectivity index (χ3n) is 3.68. The molecule has 0 bridgehead atoms. The molecule has 4 nitrogen and oxygen atoms in total. The first kappa shape index (κ1) is 11.9. The Morgan fingerprint density at radius 1 is 1.38 bits per heavy atom. The van der Waals surface area contributed by atoms with Crippen LogP contribution in [0.2, 0.25) is 0 Å². The van der Waals surface area contributed by atoms with Crippen LogP contribution in [0.5, 0.6) is 0 Å². The molecule has 16 heavy (non-hydrogen) atoms. The zero-order valence-corrected chi connectivity index (χ0v) is 10.2. The van der Waals surface area contributed by atoms with Crippen LogP contribution in [0.1, 0.15) is 39.5 Å². The average Bonchev–Trinajstić information content (AvgIpc) is 2.72. The van der Waals surface area contributed by atoms with Crippen LogP contribution in [0, 0.1) is 5.92 Å². The quantitative estimate of drug-likeness (QED) is 0.677. The zero-order chi connectivity index (χ0) is 11.8. The van der Waals surface area contributed by atoms with Gasteiger partial charge in [0.25, 0.3) is 0 Å². The third-order valence-corrected chi connectivity index (χ3v) is 3.68. The number of ether oxygens (including phenoxy) is 3. The van der Waals surface area contributed by atoms with Crippen LogP contribution in [0.3, 0.4) is 0 Å². The van der Waals surface area contributed by atoms with Crippen LogP contribution in [0.15, 0.2) is 0 Å². The highest BCUT2D eigenvalue weighted by Gasteiger charge is 2.49. The second-order valence-electron chi connectivity index (χ2n) is 4.95. The van der Waals surface area contributed by atoms with Crippen molar-refractivity contribution < 1.29 is 19.0 Å². The zero-order valence-electron chi connectivity index (χ0n) is 10.2. The van der Waals surface area contributed by atoms with Crippen molar-refractivity contribution in [2.45, 2.75) is 57.5 Å². The molecule has 0 amide bonds. The Bertz CT molecular complexity index is 266. The van der Waals surface area contributed by atoms with Crippen molar-refractivity contribution in [1.82, 2.24) is 0 Å². The standard InChI is InChI=1S/C12H20O4/c1-8-9(2)16-12(15-8)5-4-10(7-12)6-11(13)14-3/h8-10H,4-7H2,1-3H3/t8-,9-,10+/m0/s1. The summed E-state index contributed by atoms with van der Waals surface area (Å²) < 4.78 is 16.5. The molecule has 1 aliphatic heterocycles. The average molecular weight is 228 g/mol. The lowest BCUT2D eigenvalue weighted by Gasteiger charge is -2.22. The van der Waals surface area contributed by atoms with E-state index in [0.717, 1.165) is 19.3 Å². The first-order valence-corrected chi connectivity index (χ1v) is 5.97. The monoisotopic (exact) mass is 228 g/mol. The molecule has 1 spiro atoms. The van der Waals surface area contributed by atoms with E-state index in [9.17, 15) is 4.79 Å². The Hall–Kier alpha value is -0.610. The first-order valence-electron chi connectivity index (χ1n) is 5.97. The Morgan fingerprint density at radius 2 is 2.00 bits per heavy atom. The Labute approximate surface area is 96.2 Å². The predicted octanol–water partition coefficient (Wildman–Crippen LogP) is 1.87. The van der Waals surface area contributed by atoms with Crippen LogP contribution in [-0.4, -0.2) is 31.1 Å². The molecule has 4 heteroatoms. The van der Waals surface area contributed by atoms with Crippen LogP contribution in [-0.2, 0) is 19.0 Å². The molecule has 0 aromatic carbocycles. The van der Waals surface area contributed by atoms with E-state index in [2.05, 4.69) is 4.74 Å². The van der Waals surface area contributed by atoms with Gasteiger partial charge in [-0.1, -0.05) is 0 Å². The Balaban J connectivity index is 1.90. The molecular weight excluding hydrogens is 208 g/mol. The van der Waals surface area contributed by atoms with Crippen molar-refractivity contribution in [3.05, 3.63) is 0 Å². The van der Waals surface area contributed by atoms with E-state index in [-0.39, 0.29) is 18.2 Å². The fourth-order valence-electron chi connectivity index (χ4n) is 2.67. The minimum absolute atomic E-state index is 0.138. The van der Waals surface area contributed by atoms with Crippen LogP contribution in [0.4, 0.5) is 0 Å². The van der Waals surface area contributed by atoms with E-state index >= 15 is 0 Å². The van der Waals surface area contributed by atoms with E-state index in [1.165, 1.54) is 7.11 Å². The molecule has 92 valence electrons. The number of esters is 1. The molecular formula is C12H20O4. The van der Waals surface area contributed by atoms with Gasteiger partial charge in [-0.25, -0.2) is 0 Å². The molecule has 0 unspecified atom stereocenters. The summed E-state index contributed by atoms with van der Waals surface area (Å²) in [6.45, 7) is 4.07. The topological polar surface area (TPSA) is 44.8 Å². The molecule has 1 heterocycles. The molecule has 0 N–H and O–H groups in total. The smallest absolute Gasteiger partial charge is 0.305 e. The summed E-state index contributed by atoms with van der Waals surface area (Å²) >= 11 is 0. The number of carbonyl (C=O) groups is 1. The van der Waals surface area contributed by atoms with Gasteiger partial charge in [0.15, 0.2) is 5.79 Å². The number of carbonyl (C=O) groups excluding carboxylic acids is 1. The van der Waals surface area contributed by atoms with Gasteiger partial charge in [0.1, 0.15) is 0 Å². The Morgan fingerprint density at radius 3 is 2.56 bits per heavy atom. The van der Waals surface area contributed by atoms with Gasteiger partial charge in [-0.05, 0) is 26.2 Å². The highest BCUT2D eigenvalue weighted by Crippen LogP contribution is 2.45. The predicted molar refractivity (Wildman–Crippen MR) is 57.8 cm³/mol. The summed E-state index contributed by atoms with van der Waals surface area (Å²) in [5, 5.41) is 0. The van der Waals surface area contributed by atoms with Crippen LogP contribution in [0.25, 0.3) is 0 Å². The van der Waals surface area contributed by atoms with Crippen molar-refractivity contribution in [2.75, 3.05) is 7.11 Å². The maximum absolute atomic E-state index is 11.2. The molecule has 2 aliphatic rings. The molecule has 1 aliphatic carbocycles. The number of methoxy groups -OCH3 is 1. The van der Waals surface area contributed by atoms with E-state index < -0.39 is 5.79 Å². The Kier molecular flexibility index (Phi) is 3.22. The van der Waals surface area contributed by atoms with Gasteiger partial charge in [-0.2, -0.15) is 0 Å². The lowest BCUT2D eigenvalue weighted by Crippen LogP contribution is -2.27. The molecule has 2 fully saturated rings. The summed E-state index contributed by atoms with van der Waals surface area (Å²) in [5.41, 5.74) is 0. The van der Waals surface area contributed by atoms with Crippen molar-refractivity contribution in [3.8, 4) is 0 Å². The van der Waals surface area contributed by atoms with Gasteiger partial charge in [0.2, 0.25) is 0 Å². The van der Waals surface area contributed by atoms with E-state index in [4.69, 9.17) is 9.47 Å². The summed E-state index contributed by atoms with van der Waals surface area (Å²) in [4.78, 5) is 11.2. The third kappa shape index (κ3) is 2.23. The summed E-state index contributed by atoms with van der Waals surface area (Å²) in [7, 11) is 1.43. The van der Waals surface area contributed by atoms with E-state index in [1.807, 2.05) is 13.8 Å². The summed E-state index contributed by atoms with van der Waals surface area (Å²) in [6, 6.07) is 0. The van der Waals surface area contributed by atoms with Gasteiger partial charge in [0.05, 0.1) is 19.3 Å². The van der Waals surface area contributed by atoms with Crippen molar-refractivity contribution in [3.63, 3.8) is 0 Å². The lowest BCUT2D eigenvalue weighted by atomic mass is 10.0. The van der Waals surface area contributed by atoms with Gasteiger partial charge < -0.3 is 14.2 Å². The van der Waals surface area contributed by atoms with E-state index in [0.29, 0.717) is 12.3 Å². The molecule has 0 radical (unpaired) electrons. The van der Waals surface area contributed by atoms with Crippen LogP contribution >= 0.6 is 0 Å². The highest BCUT2D eigenvalue weighted by atomic mass is 16.8. The molecule has 3 atom stereocenters. The maximum Gasteiger partial charge on any atom is 0.305 e. The van der Waals surface area contributed by atoms with Gasteiger partial charge in [-0.15, -0.1) is 0 Å². The number of hydrogen-bond donors (Lipinski definition) is 0. The normalized spacial score (nSPS) is 36.8. The second-order valence-corrected chi connectivity index (χ2v) is 4.95. The first-order chi connectivity index (χ1) is 7.54. The number of hydrogen-bond acceptors (Lipinski definition) is 4. The van der Waals surface area contributed by atoms with Crippen molar-refractivity contribution in [1.29, 1.82) is 0 Å². The van der Waals surface area contributed by atoms with Gasteiger partial charge >= 0.3 is 5.97 Å². The van der Waals surface area contributed by atoms with Crippen molar-refractivity contribution in [2.24, 2.45) is 5.92 Å². The fraction of sp³-hybridized carbons (Fsp3) is 0.917. The molecule has 1 saturated carbocycles. The summed E-state index contributed by atoms with van der Waals surface area (Å²) in [5.74, 6) is -0.219. The second kappa shape index (κ2) is 4.34. The number of rotatable bonds is 2. The van der Waals surface area contributed by atoms with Gasteiger partial charge in [0, 0.05) is 19.3 Å². The minimum atomic E-state index is -0.419. The maximum atomic E-state index is 11.2. The fourth-order valence-corrected chi connectivity index (χ4v) is 2.67. The largest absolute Gasteiger partial charge is 0.469 e. The SMILES string of the molecule is COC(=O)C[C@H]1CCC2(C1)O[C@@H](C)[C@H](C)O2. The van der Waals surface area contributed by atoms with Crippen LogP contribution < -0.4 is 0 Å². The van der Waals surface area contributed by atoms with Gasteiger partial charge in [-0.3, -0.25) is 4.79 Å². The molecule has 0 aromatic rings. The van der Waals surface area contributed by atoms with Crippen molar-refractivity contribution >= 4 is 5.97 Å². The molecule has 0 aromatic heterocycles.